The van der Waals surface area contributed by atoms with Gasteiger partial charge < -0.3 is 0 Å². The van der Waals surface area contributed by atoms with Crippen LogP contribution in [0.15, 0.2) is 36.5 Å². The largest absolute Gasteiger partial charge is 0.243 e. The molecular formula is C16H17N4. The van der Waals surface area contributed by atoms with Crippen molar-refractivity contribution in [1.29, 1.82) is 0 Å². The minimum atomic E-state index is 0.725. The molecule has 0 saturated heterocycles. The predicted octanol–water partition coefficient (Wildman–Crippen LogP) is 3.02. The minimum Gasteiger partial charge on any atom is -0.243 e. The second-order valence-electron chi connectivity index (χ2n) is 4.88. The van der Waals surface area contributed by atoms with Crippen LogP contribution in [-0.4, -0.2) is 19.7 Å². The van der Waals surface area contributed by atoms with Gasteiger partial charge in [0.05, 0.1) is 18.1 Å². The average Bonchev–Trinajstić information content (AvgIpc) is 2.89. The third-order valence-electron chi connectivity index (χ3n) is 3.28. The summed E-state index contributed by atoms with van der Waals surface area (Å²) in [6.45, 7) is 2.89. The Balaban J connectivity index is 1.90. The maximum atomic E-state index is 4.63. The second kappa shape index (κ2) is 5.82. The molecule has 3 rings (SSSR count). The van der Waals surface area contributed by atoms with Crippen LogP contribution in [0.25, 0.3) is 11.0 Å². The molecule has 20 heavy (non-hydrogen) atoms. The van der Waals surface area contributed by atoms with Gasteiger partial charge in [0.15, 0.2) is 5.65 Å². The highest BCUT2D eigenvalue weighted by atomic mass is 15.3. The van der Waals surface area contributed by atoms with Gasteiger partial charge in [0.2, 0.25) is 0 Å². The zero-order chi connectivity index (χ0) is 13.8. The second-order valence-corrected chi connectivity index (χ2v) is 4.88. The predicted molar refractivity (Wildman–Crippen MR) is 78.3 cm³/mol. The first-order chi connectivity index (χ1) is 9.86. The first-order valence-corrected chi connectivity index (χ1v) is 7.01. The summed E-state index contributed by atoms with van der Waals surface area (Å²) in [5, 5.41) is 5.27. The van der Waals surface area contributed by atoms with Gasteiger partial charge in [-0.3, -0.25) is 0 Å². The SMILES string of the molecule is CCCCc1n[c]c2cnn(Cc3ccccc3)c2n1. The normalized spacial score (nSPS) is 11.1. The molecule has 0 fully saturated rings. The van der Waals surface area contributed by atoms with Crippen molar-refractivity contribution in [2.45, 2.75) is 32.7 Å². The van der Waals surface area contributed by atoms with Crippen LogP contribution in [0.2, 0.25) is 0 Å². The maximum Gasteiger partial charge on any atom is 0.162 e. The molecule has 0 bridgehead atoms. The number of aryl methyl sites for hydroxylation is 1. The van der Waals surface area contributed by atoms with Crippen LogP contribution in [-0.2, 0) is 13.0 Å². The maximum absolute atomic E-state index is 4.63. The lowest BCUT2D eigenvalue weighted by molar-refractivity contribution is 0.695. The smallest absolute Gasteiger partial charge is 0.162 e. The number of aromatic nitrogens is 4. The van der Waals surface area contributed by atoms with Gasteiger partial charge in [0.1, 0.15) is 12.0 Å². The zero-order valence-corrected chi connectivity index (χ0v) is 11.6. The van der Waals surface area contributed by atoms with Crippen molar-refractivity contribution >= 4 is 11.0 Å². The molecule has 0 unspecified atom stereocenters. The van der Waals surface area contributed by atoms with Gasteiger partial charge in [-0.15, -0.1) is 0 Å². The minimum absolute atomic E-state index is 0.725. The van der Waals surface area contributed by atoms with Crippen LogP contribution in [0.5, 0.6) is 0 Å². The Bertz CT molecular complexity index is 688. The molecule has 4 nitrogen and oxygen atoms in total. The monoisotopic (exact) mass is 265 g/mol. The summed E-state index contributed by atoms with van der Waals surface area (Å²) < 4.78 is 1.91. The van der Waals surface area contributed by atoms with Gasteiger partial charge in [-0.05, 0) is 12.0 Å². The van der Waals surface area contributed by atoms with Gasteiger partial charge >= 0.3 is 0 Å². The van der Waals surface area contributed by atoms with E-state index in [9.17, 15) is 0 Å². The molecule has 0 N–H and O–H groups in total. The van der Waals surface area contributed by atoms with Crippen LogP contribution in [0.3, 0.4) is 0 Å². The lowest BCUT2D eigenvalue weighted by Gasteiger charge is -2.04. The number of unbranched alkanes of at least 4 members (excludes halogenated alkanes) is 1. The number of rotatable bonds is 5. The zero-order valence-electron chi connectivity index (χ0n) is 11.6. The molecule has 0 aliphatic heterocycles. The molecule has 0 aliphatic rings. The van der Waals surface area contributed by atoms with E-state index >= 15 is 0 Å². The van der Waals surface area contributed by atoms with Crippen molar-refractivity contribution in [3.8, 4) is 0 Å². The fourth-order valence-corrected chi connectivity index (χ4v) is 2.17. The summed E-state index contributed by atoms with van der Waals surface area (Å²) in [6, 6.07) is 10.3. The molecule has 2 heterocycles. The number of hydrogen-bond acceptors (Lipinski definition) is 3. The molecule has 0 amide bonds. The third kappa shape index (κ3) is 2.69. The summed E-state index contributed by atoms with van der Waals surface area (Å²) in [5.74, 6) is 0.856. The topological polar surface area (TPSA) is 43.6 Å². The van der Waals surface area contributed by atoms with Crippen molar-refractivity contribution in [2.75, 3.05) is 0 Å². The van der Waals surface area contributed by atoms with E-state index in [4.69, 9.17) is 0 Å². The van der Waals surface area contributed by atoms with Crippen molar-refractivity contribution in [3.05, 3.63) is 54.1 Å². The standard InChI is InChI=1S/C16H17N4/c1-2-3-9-15-17-10-14-11-18-20(16(14)19-15)12-13-7-5-4-6-8-13/h4-8,11H,2-3,9,12H2,1H3. The Labute approximate surface area is 118 Å². The highest BCUT2D eigenvalue weighted by molar-refractivity contribution is 5.72. The van der Waals surface area contributed by atoms with Crippen LogP contribution in [0.4, 0.5) is 0 Å². The molecule has 0 saturated carbocycles. The molecule has 101 valence electrons. The fraction of sp³-hybridized carbons (Fsp3) is 0.312. The lowest BCUT2D eigenvalue weighted by atomic mass is 10.2. The van der Waals surface area contributed by atoms with Crippen molar-refractivity contribution in [2.24, 2.45) is 0 Å². The summed E-state index contributed by atoms with van der Waals surface area (Å²) in [6.07, 6.45) is 7.97. The summed E-state index contributed by atoms with van der Waals surface area (Å²) in [7, 11) is 0. The Morgan fingerprint density at radius 2 is 2.05 bits per heavy atom. The molecule has 4 heteroatoms. The van der Waals surface area contributed by atoms with E-state index in [-0.39, 0.29) is 0 Å². The molecule has 2 aromatic heterocycles. The average molecular weight is 265 g/mol. The Morgan fingerprint density at radius 1 is 1.20 bits per heavy atom. The number of fused-ring (bicyclic) bond motifs is 1. The summed E-state index contributed by atoms with van der Waals surface area (Å²) >= 11 is 0. The van der Waals surface area contributed by atoms with E-state index in [2.05, 4.69) is 40.3 Å². The van der Waals surface area contributed by atoms with E-state index in [1.807, 2.05) is 22.9 Å². The summed E-state index contributed by atoms with van der Waals surface area (Å²) in [5.41, 5.74) is 2.08. The molecular weight excluding hydrogens is 248 g/mol. The summed E-state index contributed by atoms with van der Waals surface area (Å²) in [4.78, 5) is 8.90. The van der Waals surface area contributed by atoms with Crippen molar-refractivity contribution < 1.29 is 0 Å². The van der Waals surface area contributed by atoms with Gasteiger partial charge in [-0.2, -0.15) is 5.10 Å². The van der Waals surface area contributed by atoms with Crippen molar-refractivity contribution in [3.63, 3.8) is 0 Å². The molecule has 0 spiro atoms. The van der Waals surface area contributed by atoms with E-state index in [1.54, 1.807) is 6.20 Å². The van der Waals surface area contributed by atoms with Gasteiger partial charge in [0.25, 0.3) is 0 Å². The molecule has 1 radical (unpaired) electrons. The third-order valence-corrected chi connectivity index (χ3v) is 3.28. The first-order valence-electron chi connectivity index (χ1n) is 7.01. The van der Waals surface area contributed by atoms with Crippen LogP contribution in [0, 0.1) is 6.20 Å². The number of benzene rings is 1. The lowest BCUT2D eigenvalue weighted by Crippen LogP contribution is -2.04. The van der Waals surface area contributed by atoms with Crippen LogP contribution < -0.4 is 0 Å². The van der Waals surface area contributed by atoms with Gasteiger partial charge in [0, 0.05) is 6.42 Å². The van der Waals surface area contributed by atoms with E-state index in [0.717, 1.165) is 42.7 Å². The fourth-order valence-electron chi connectivity index (χ4n) is 2.17. The number of hydrogen-bond donors (Lipinski definition) is 0. The van der Waals surface area contributed by atoms with Gasteiger partial charge in [-0.1, -0.05) is 43.7 Å². The number of nitrogens with zero attached hydrogens (tertiary/aromatic N) is 4. The molecule has 1 aromatic carbocycles. The molecule has 3 aromatic rings. The van der Waals surface area contributed by atoms with E-state index in [0.29, 0.717) is 0 Å². The van der Waals surface area contributed by atoms with Gasteiger partial charge in [-0.25, -0.2) is 14.6 Å². The molecule has 0 aliphatic carbocycles. The quantitative estimate of drug-likeness (QED) is 0.712. The Kier molecular flexibility index (Phi) is 3.72. The Morgan fingerprint density at radius 3 is 2.85 bits per heavy atom. The first kappa shape index (κ1) is 12.8. The highest BCUT2D eigenvalue weighted by Crippen LogP contribution is 2.12. The van der Waals surface area contributed by atoms with E-state index in [1.165, 1.54) is 5.56 Å². The highest BCUT2D eigenvalue weighted by Gasteiger charge is 2.07. The molecule has 0 atom stereocenters. The van der Waals surface area contributed by atoms with Crippen molar-refractivity contribution in [1.82, 2.24) is 19.7 Å². The van der Waals surface area contributed by atoms with Crippen LogP contribution in [0.1, 0.15) is 31.2 Å². The Hall–Kier alpha value is -2.23. The van der Waals surface area contributed by atoms with E-state index < -0.39 is 0 Å². The van der Waals surface area contributed by atoms with Crippen LogP contribution >= 0.6 is 0 Å².